The number of carbonyl (C=O) groups excluding carboxylic acids is 1. The molecule has 0 saturated heterocycles. The Morgan fingerprint density at radius 1 is 1.43 bits per heavy atom. The smallest absolute Gasteiger partial charge is 0.346 e. The third-order valence-electron chi connectivity index (χ3n) is 1.40. The summed E-state index contributed by atoms with van der Waals surface area (Å²) in [6.07, 6.45) is -1.10. The van der Waals surface area contributed by atoms with E-state index in [0.29, 0.717) is 5.75 Å². The van der Waals surface area contributed by atoms with E-state index in [0.717, 1.165) is 0 Å². The van der Waals surface area contributed by atoms with E-state index in [4.69, 9.17) is 9.84 Å². The first-order valence-corrected chi connectivity index (χ1v) is 4.24. The third-order valence-corrected chi connectivity index (χ3v) is 1.40. The molecule has 0 aliphatic carbocycles. The molecule has 0 aliphatic heterocycles. The normalized spacial score (nSPS) is 11.9. The lowest BCUT2D eigenvalue weighted by Gasteiger charge is -2.07. The summed E-state index contributed by atoms with van der Waals surface area (Å²) in [5, 5.41) is 8.72. The van der Waals surface area contributed by atoms with Gasteiger partial charge in [-0.2, -0.15) is 0 Å². The van der Waals surface area contributed by atoms with Crippen LogP contribution in [-0.2, 0) is 9.53 Å². The fraction of sp³-hybridized carbons (Fsp3) is 0.300. The van der Waals surface area contributed by atoms with E-state index in [1.807, 2.05) is 6.07 Å². The molecule has 4 nitrogen and oxygen atoms in total. The number of aliphatic hydroxyl groups excluding tert-OH is 1. The number of hydrogen-bond donors (Lipinski definition) is 1. The van der Waals surface area contributed by atoms with Crippen molar-refractivity contribution in [1.82, 2.24) is 0 Å². The van der Waals surface area contributed by atoms with Crippen molar-refractivity contribution >= 4 is 5.97 Å². The molecule has 0 aromatic heterocycles. The molecule has 0 fully saturated rings. The van der Waals surface area contributed by atoms with E-state index in [1.165, 1.54) is 6.92 Å². The number of benzene rings is 1. The molecule has 4 heteroatoms. The van der Waals surface area contributed by atoms with E-state index in [-0.39, 0.29) is 6.61 Å². The van der Waals surface area contributed by atoms with Crippen LogP contribution in [0.4, 0.5) is 0 Å². The van der Waals surface area contributed by atoms with Crippen molar-refractivity contribution in [3.05, 3.63) is 30.3 Å². The molecule has 0 radical (unpaired) electrons. The predicted octanol–water partition coefficient (Wildman–Crippen LogP) is 0.947. The highest BCUT2D eigenvalue weighted by Crippen LogP contribution is 2.07. The zero-order valence-corrected chi connectivity index (χ0v) is 7.84. The van der Waals surface area contributed by atoms with Gasteiger partial charge in [0.2, 0.25) is 0 Å². The molecule has 1 aromatic rings. The molecule has 0 bridgehead atoms. The SMILES string of the molecule is CC(O)OC(=O)COc1ccccc1. The summed E-state index contributed by atoms with van der Waals surface area (Å²) >= 11 is 0. The average Bonchev–Trinajstić information content (AvgIpc) is 2.15. The first-order chi connectivity index (χ1) is 6.68. The summed E-state index contributed by atoms with van der Waals surface area (Å²) in [6, 6.07) is 8.91. The molecule has 1 atom stereocenters. The lowest BCUT2D eigenvalue weighted by molar-refractivity contribution is -0.167. The summed E-state index contributed by atoms with van der Waals surface area (Å²) in [5.41, 5.74) is 0. The molecule has 0 spiro atoms. The topological polar surface area (TPSA) is 55.8 Å². The monoisotopic (exact) mass is 196 g/mol. The molecular formula is C10H12O4. The number of rotatable bonds is 4. The van der Waals surface area contributed by atoms with Crippen LogP contribution < -0.4 is 4.74 Å². The zero-order valence-electron chi connectivity index (χ0n) is 7.84. The second-order valence-electron chi connectivity index (χ2n) is 2.69. The Bertz CT molecular complexity index is 281. The number of ether oxygens (including phenoxy) is 2. The summed E-state index contributed by atoms with van der Waals surface area (Å²) < 4.78 is 9.55. The van der Waals surface area contributed by atoms with Crippen molar-refractivity contribution in [2.24, 2.45) is 0 Å². The molecule has 0 aliphatic rings. The van der Waals surface area contributed by atoms with Crippen molar-refractivity contribution < 1.29 is 19.4 Å². The van der Waals surface area contributed by atoms with Crippen molar-refractivity contribution in [2.45, 2.75) is 13.2 Å². The maximum Gasteiger partial charge on any atom is 0.346 e. The van der Waals surface area contributed by atoms with Gasteiger partial charge in [-0.05, 0) is 19.1 Å². The van der Waals surface area contributed by atoms with Gasteiger partial charge in [0.15, 0.2) is 12.9 Å². The van der Waals surface area contributed by atoms with Gasteiger partial charge in [-0.3, -0.25) is 0 Å². The molecule has 1 N–H and O–H groups in total. The highest BCUT2D eigenvalue weighted by molar-refractivity contribution is 5.71. The van der Waals surface area contributed by atoms with E-state index in [9.17, 15) is 4.79 Å². The summed E-state index contributed by atoms with van der Waals surface area (Å²) in [4.78, 5) is 10.9. The Hall–Kier alpha value is -1.55. The highest BCUT2D eigenvalue weighted by atomic mass is 16.6. The molecule has 76 valence electrons. The van der Waals surface area contributed by atoms with Gasteiger partial charge in [-0.1, -0.05) is 18.2 Å². The fourth-order valence-electron chi connectivity index (χ4n) is 0.883. The minimum atomic E-state index is -1.10. The Balaban J connectivity index is 2.31. The van der Waals surface area contributed by atoms with Crippen molar-refractivity contribution in [3.63, 3.8) is 0 Å². The zero-order chi connectivity index (χ0) is 10.4. The van der Waals surface area contributed by atoms with E-state index < -0.39 is 12.3 Å². The van der Waals surface area contributed by atoms with Gasteiger partial charge < -0.3 is 14.6 Å². The van der Waals surface area contributed by atoms with Crippen LogP contribution in [0.1, 0.15) is 6.92 Å². The maximum atomic E-state index is 10.9. The van der Waals surface area contributed by atoms with Crippen LogP contribution in [0.25, 0.3) is 0 Å². The largest absolute Gasteiger partial charge is 0.482 e. The lowest BCUT2D eigenvalue weighted by Crippen LogP contribution is -2.20. The number of esters is 1. The molecule has 1 rings (SSSR count). The minimum Gasteiger partial charge on any atom is -0.482 e. The van der Waals surface area contributed by atoms with E-state index in [1.54, 1.807) is 24.3 Å². The van der Waals surface area contributed by atoms with Gasteiger partial charge in [0.25, 0.3) is 0 Å². The first-order valence-electron chi connectivity index (χ1n) is 4.24. The second-order valence-corrected chi connectivity index (χ2v) is 2.69. The third kappa shape index (κ3) is 3.91. The van der Waals surface area contributed by atoms with E-state index in [2.05, 4.69) is 4.74 Å². The van der Waals surface area contributed by atoms with Gasteiger partial charge in [0, 0.05) is 0 Å². The quantitative estimate of drug-likeness (QED) is 0.575. The van der Waals surface area contributed by atoms with Crippen molar-refractivity contribution in [1.29, 1.82) is 0 Å². The van der Waals surface area contributed by atoms with Crippen molar-refractivity contribution in [2.75, 3.05) is 6.61 Å². The second kappa shape index (κ2) is 5.24. The van der Waals surface area contributed by atoms with Gasteiger partial charge in [-0.25, -0.2) is 4.79 Å². The van der Waals surface area contributed by atoms with Gasteiger partial charge in [0.1, 0.15) is 5.75 Å². The molecule has 0 heterocycles. The van der Waals surface area contributed by atoms with Crippen LogP contribution in [0.5, 0.6) is 5.75 Å². The molecular weight excluding hydrogens is 184 g/mol. The Morgan fingerprint density at radius 2 is 2.07 bits per heavy atom. The number of para-hydroxylation sites is 1. The summed E-state index contributed by atoms with van der Waals surface area (Å²) in [7, 11) is 0. The van der Waals surface area contributed by atoms with Crippen LogP contribution in [0.2, 0.25) is 0 Å². The molecule has 0 amide bonds. The minimum absolute atomic E-state index is 0.199. The lowest BCUT2D eigenvalue weighted by atomic mass is 10.3. The van der Waals surface area contributed by atoms with Crippen LogP contribution in [0.15, 0.2) is 30.3 Å². The number of aliphatic hydroxyl groups is 1. The van der Waals surface area contributed by atoms with Crippen LogP contribution in [-0.4, -0.2) is 24.0 Å². The Labute approximate surface area is 82.1 Å². The fourth-order valence-corrected chi connectivity index (χ4v) is 0.883. The van der Waals surface area contributed by atoms with Gasteiger partial charge >= 0.3 is 5.97 Å². The molecule has 1 unspecified atom stereocenters. The molecule has 14 heavy (non-hydrogen) atoms. The standard InChI is InChI=1S/C10H12O4/c1-8(11)14-10(12)7-13-9-5-3-2-4-6-9/h2-6,8,11H,7H2,1H3. The van der Waals surface area contributed by atoms with Crippen LogP contribution in [0, 0.1) is 0 Å². The first kappa shape index (κ1) is 10.5. The number of hydrogen-bond acceptors (Lipinski definition) is 4. The molecule has 1 aromatic carbocycles. The van der Waals surface area contributed by atoms with Gasteiger partial charge in [0.05, 0.1) is 0 Å². The Morgan fingerprint density at radius 3 is 2.64 bits per heavy atom. The number of carbonyl (C=O) groups is 1. The van der Waals surface area contributed by atoms with Crippen molar-refractivity contribution in [3.8, 4) is 5.75 Å². The molecule has 0 saturated carbocycles. The Kier molecular flexibility index (Phi) is 3.94. The highest BCUT2D eigenvalue weighted by Gasteiger charge is 2.06. The summed E-state index contributed by atoms with van der Waals surface area (Å²) in [6.45, 7) is 1.16. The summed E-state index contributed by atoms with van der Waals surface area (Å²) in [5.74, 6) is -0.00102. The maximum absolute atomic E-state index is 10.9. The van der Waals surface area contributed by atoms with Crippen LogP contribution in [0.3, 0.4) is 0 Å². The predicted molar refractivity (Wildman–Crippen MR) is 49.7 cm³/mol. The van der Waals surface area contributed by atoms with Crippen LogP contribution >= 0.6 is 0 Å². The van der Waals surface area contributed by atoms with Gasteiger partial charge in [-0.15, -0.1) is 0 Å². The average molecular weight is 196 g/mol. The van der Waals surface area contributed by atoms with E-state index >= 15 is 0 Å².